The molecule has 0 aromatic heterocycles. The maximum absolute atomic E-state index is 11.8. The molecule has 0 fully saturated rings. The van der Waals surface area contributed by atoms with Crippen molar-refractivity contribution in [2.45, 2.75) is 39.7 Å². The number of hydrogen-bond acceptors (Lipinski definition) is 4. The Morgan fingerprint density at radius 1 is 1.00 bits per heavy atom. The zero-order valence-electron chi connectivity index (χ0n) is 12.6. The van der Waals surface area contributed by atoms with Crippen LogP contribution < -0.4 is 16.0 Å². The lowest BCUT2D eigenvalue weighted by Gasteiger charge is -2.19. The van der Waals surface area contributed by atoms with E-state index in [0.717, 1.165) is 0 Å². The van der Waals surface area contributed by atoms with Crippen molar-refractivity contribution in [1.29, 1.82) is 0 Å². The molecule has 3 amide bonds. The predicted molar refractivity (Wildman–Crippen MR) is 75.3 cm³/mol. The number of aliphatic carboxylic acids is 1. The van der Waals surface area contributed by atoms with Gasteiger partial charge in [-0.05, 0) is 12.3 Å². The Morgan fingerprint density at radius 3 is 2.10 bits per heavy atom. The van der Waals surface area contributed by atoms with Crippen molar-refractivity contribution in [1.82, 2.24) is 16.0 Å². The maximum Gasteiger partial charge on any atom is 0.322 e. The van der Waals surface area contributed by atoms with Gasteiger partial charge < -0.3 is 21.1 Å². The van der Waals surface area contributed by atoms with E-state index in [1.54, 1.807) is 6.92 Å². The third kappa shape index (κ3) is 9.42. The van der Waals surface area contributed by atoms with Gasteiger partial charge in [0.1, 0.15) is 12.6 Å². The van der Waals surface area contributed by atoms with Gasteiger partial charge in [0.05, 0.1) is 6.54 Å². The van der Waals surface area contributed by atoms with Crippen LogP contribution in [0.2, 0.25) is 0 Å². The Labute approximate surface area is 123 Å². The van der Waals surface area contributed by atoms with E-state index in [1.807, 2.05) is 13.8 Å². The summed E-state index contributed by atoms with van der Waals surface area (Å²) in [5.41, 5.74) is 0. The number of carbonyl (C=O) groups is 4. The van der Waals surface area contributed by atoms with Crippen molar-refractivity contribution >= 4 is 23.7 Å². The molecule has 0 aliphatic rings. The lowest BCUT2D eigenvalue weighted by atomic mass is 10.0. The molecule has 120 valence electrons. The number of hydrogen-bond donors (Lipinski definition) is 4. The number of carboxylic acid groups (broad SMARTS) is 1. The number of amides is 3. The van der Waals surface area contributed by atoms with E-state index in [1.165, 1.54) is 0 Å². The first-order chi connectivity index (χ1) is 9.76. The molecule has 0 aliphatic carbocycles. The normalized spacial score (nSPS) is 11.6. The molecule has 0 radical (unpaired) electrons. The van der Waals surface area contributed by atoms with Gasteiger partial charge in [-0.1, -0.05) is 20.8 Å². The molecule has 1 atom stereocenters. The second-order valence-electron chi connectivity index (χ2n) is 4.99. The second-order valence-corrected chi connectivity index (χ2v) is 4.99. The lowest BCUT2D eigenvalue weighted by Crippen LogP contribution is -2.50. The monoisotopic (exact) mass is 301 g/mol. The van der Waals surface area contributed by atoms with E-state index in [2.05, 4.69) is 16.0 Å². The first-order valence-corrected chi connectivity index (χ1v) is 6.81. The van der Waals surface area contributed by atoms with Gasteiger partial charge in [-0.15, -0.1) is 0 Å². The van der Waals surface area contributed by atoms with Crippen LogP contribution in [0.4, 0.5) is 0 Å². The van der Waals surface area contributed by atoms with E-state index in [4.69, 9.17) is 5.11 Å². The van der Waals surface area contributed by atoms with Gasteiger partial charge in [-0.3, -0.25) is 19.2 Å². The van der Waals surface area contributed by atoms with Gasteiger partial charge in [0, 0.05) is 6.42 Å². The van der Waals surface area contributed by atoms with Crippen LogP contribution in [0.5, 0.6) is 0 Å². The summed E-state index contributed by atoms with van der Waals surface area (Å²) in [6, 6.07) is -0.824. The minimum Gasteiger partial charge on any atom is -0.480 e. The third-order valence-electron chi connectivity index (χ3n) is 2.54. The average molecular weight is 301 g/mol. The van der Waals surface area contributed by atoms with Crippen molar-refractivity contribution < 1.29 is 24.3 Å². The topological polar surface area (TPSA) is 125 Å². The largest absolute Gasteiger partial charge is 0.480 e. The summed E-state index contributed by atoms with van der Waals surface area (Å²) in [6.45, 7) is 4.70. The molecular formula is C13H23N3O5. The molecule has 21 heavy (non-hydrogen) atoms. The number of carbonyl (C=O) groups excluding carboxylic acids is 3. The highest BCUT2D eigenvalue weighted by Crippen LogP contribution is 2.04. The Kier molecular flexibility index (Phi) is 8.75. The number of nitrogens with one attached hydrogen (secondary N) is 3. The summed E-state index contributed by atoms with van der Waals surface area (Å²) in [5, 5.41) is 15.7. The predicted octanol–water partition coefficient (Wildman–Crippen LogP) is -0.756. The summed E-state index contributed by atoms with van der Waals surface area (Å²) in [7, 11) is 0. The zero-order valence-corrected chi connectivity index (χ0v) is 12.6. The molecule has 0 spiro atoms. The van der Waals surface area contributed by atoms with E-state index < -0.39 is 30.4 Å². The quantitative estimate of drug-likeness (QED) is 0.446. The molecule has 0 heterocycles. The molecule has 0 bridgehead atoms. The fraction of sp³-hybridized carbons (Fsp3) is 0.692. The average Bonchev–Trinajstić information content (AvgIpc) is 2.40. The maximum atomic E-state index is 11.8. The van der Waals surface area contributed by atoms with Crippen LogP contribution in [0, 0.1) is 5.92 Å². The van der Waals surface area contributed by atoms with E-state index in [0.29, 0.717) is 6.42 Å². The van der Waals surface area contributed by atoms with E-state index in [-0.39, 0.29) is 24.8 Å². The molecule has 0 rings (SSSR count). The lowest BCUT2D eigenvalue weighted by molar-refractivity contribution is -0.138. The van der Waals surface area contributed by atoms with Crippen molar-refractivity contribution in [3.8, 4) is 0 Å². The van der Waals surface area contributed by atoms with Crippen LogP contribution in [-0.4, -0.2) is 47.9 Å². The smallest absolute Gasteiger partial charge is 0.322 e. The van der Waals surface area contributed by atoms with Crippen LogP contribution in [0.1, 0.15) is 33.6 Å². The summed E-state index contributed by atoms with van der Waals surface area (Å²) in [6.07, 6.45) is 0.640. The molecule has 0 saturated heterocycles. The SMILES string of the molecule is CCC(=O)NCC(=O)N[C@@H](CC(C)C)C(=O)NCC(=O)O. The molecular weight excluding hydrogens is 278 g/mol. The molecule has 0 unspecified atom stereocenters. The van der Waals surface area contributed by atoms with Gasteiger partial charge in [0.2, 0.25) is 17.7 Å². The highest BCUT2D eigenvalue weighted by Gasteiger charge is 2.22. The zero-order chi connectivity index (χ0) is 16.4. The first-order valence-electron chi connectivity index (χ1n) is 6.81. The standard InChI is InChI=1S/C13H23N3O5/c1-4-10(17)14-6-11(18)16-9(5-8(2)3)13(21)15-7-12(19)20/h8-9H,4-7H2,1-3H3,(H,14,17)(H,15,21)(H,16,18)(H,19,20)/t9-/m0/s1. The minimum atomic E-state index is -1.16. The molecule has 0 aromatic rings. The van der Waals surface area contributed by atoms with Crippen molar-refractivity contribution in [3.63, 3.8) is 0 Å². The molecule has 8 heteroatoms. The van der Waals surface area contributed by atoms with E-state index in [9.17, 15) is 19.2 Å². The van der Waals surface area contributed by atoms with Crippen molar-refractivity contribution in [3.05, 3.63) is 0 Å². The van der Waals surface area contributed by atoms with Gasteiger partial charge in [0.15, 0.2) is 0 Å². The van der Waals surface area contributed by atoms with E-state index >= 15 is 0 Å². The second kappa shape index (κ2) is 9.73. The molecule has 8 nitrogen and oxygen atoms in total. The first kappa shape index (κ1) is 18.9. The van der Waals surface area contributed by atoms with Crippen LogP contribution in [0.3, 0.4) is 0 Å². The van der Waals surface area contributed by atoms with Gasteiger partial charge >= 0.3 is 5.97 Å². The Hall–Kier alpha value is -2.12. The summed E-state index contributed by atoms with van der Waals surface area (Å²) in [4.78, 5) is 45.0. The highest BCUT2D eigenvalue weighted by molar-refractivity contribution is 5.91. The highest BCUT2D eigenvalue weighted by atomic mass is 16.4. The van der Waals surface area contributed by atoms with Crippen molar-refractivity contribution in [2.75, 3.05) is 13.1 Å². The minimum absolute atomic E-state index is 0.135. The number of rotatable bonds is 9. The van der Waals surface area contributed by atoms with Crippen molar-refractivity contribution in [2.24, 2.45) is 5.92 Å². The molecule has 0 aromatic carbocycles. The third-order valence-corrected chi connectivity index (χ3v) is 2.54. The Morgan fingerprint density at radius 2 is 1.62 bits per heavy atom. The Balaban J connectivity index is 4.46. The number of carboxylic acids is 1. The van der Waals surface area contributed by atoms with Gasteiger partial charge in [-0.25, -0.2) is 0 Å². The van der Waals surface area contributed by atoms with Crippen LogP contribution in [0.15, 0.2) is 0 Å². The molecule has 0 saturated carbocycles. The van der Waals surface area contributed by atoms with Crippen LogP contribution in [-0.2, 0) is 19.2 Å². The molecule has 0 aliphatic heterocycles. The van der Waals surface area contributed by atoms with Gasteiger partial charge in [-0.2, -0.15) is 0 Å². The summed E-state index contributed by atoms with van der Waals surface area (Å²) in [5.74, 6) is -2.33. The van der Waals surface area contributed by atoms with Crippen LogP contribution >= 0.6 is 0 Å². The summed E-state index contributed by atoms with van der Waals surface area (Å²) < 4.78 is 0. The molecule has 4 N–H and O–H groups in total. The van der Waals surface area contributed by atoms with Gasteiger partial charge in [0.25, 0.3) is 0 Å². The fourth-order valence-corrected chi connectivity index (χ4v) is 1.54. The van der Waals surface area contributed by atoms with Crippen LogP contribution in [0.25, 0.3) is 0 Å². The fourth-order valence-electron chi connectivity index (χ4n) is 1.54. The Bertz CT molecular complexity index is 395. The summed E-state index contributed by atoms with van der Waals surface area (Å²) >= 11 is 0.